The topological polar surface area (TPSA) is 52.6 Å². The maximum absolute atomic E-state index is 12.4. The molecule has 0 atom stereocenters. The highest BCUT2D eigenvalue weighted by Crippen LogP contribution is 2.28. The van der Waals surface area contributed by atoms with Crippen LogP contribution in [0.25, 0.3) is 0 Å². The lowest BCUT2D eigenvalue weighted by atomic mass is 9.84. The van der Waals surface area contributed by atoms with Crippen molar-refractivity contribution in [3.8, 4) is 0 Å². The molecule has 0 aliphatic heterocycles. The van der Waals surface area contributed by atoms with Crippen molar-refractivity contribution < 1.29 is 19.1 Å². The molecule has 0 unspecified atom stereocenters. The van der Waals surface area contributed by atoms with Crippen LogP contribution in [0.3, 0.4) is 0 Å². The van der Waals surface area contributed by atoms with Crippen molar-refractivity contribution in [2.75, 3.05) is 13.2 Å². The van der Waals surface area contributed by atoms with Crippen molar-refractivity contribution in [1.29, 1.82) is 0 Å². The van der Waals surface area contributed by atoms with Gasteiger partial charge >= 0.3 is 11.9 Å². The van der Waals surface area contributed by atoms with E-state index in [4.69, 9.17) is 9.47 Å². The Morgan fingerprint density at radius 1 is 0.340 bits per heavy atom. The number of hydrogen-bond donors (Lipinski definition) is 0. The van der Waals surface area contributed by atoms with E-state index in [0.29, 0.717) is 26.1 Å². The van der Waals surface area contributed by atoms with Gasteiger partial charge in [-0.15, -0.1) is 0 Å². The zero-order valence-corrected chi connectivity index (χ0v) is 32.6. The molecule has 0 radical (unpaired) electrons. The number of carbonyl (C=O) groups is 2. The Morgan fingerprint density at radius 2 is 0.553 bits per heavy atom. The summed E-state index contributed by atoms with van der Waals surface area (Å²) in [6, 6.07) is 0. The van der Waals surface area contributed by atoms with Crippen molar-refractivity contribution in [3.63, 3.8) is 0 Å². The van der Waals surface area contributed by atoms with E-state index in [1.807, 2.05) is 0 Å². The minimum absolute atomic E-state index is 0.102. The van der Waals surface area contributed by atoms with E-state index in [-0.39, 0.29) is 17.4 Å². The Labute approximate surface area is 295 Å². The summed E-state index contributed by atoms with van der Waals surface area (Å²) in [5.74, 6) is -0.204. The third kappa shape index (κ3) is 31.9. The SMILES string of the molecule is CCCCCCCCCCCCCCCCCC(=O)OCC(CC)(CC)COC(=O)CCCCCCCCCCCCCCCCC. The predicted octanol–water partition coefficient (Wildman–Crippen LogP) is 14.4. The number of unbranched alkanes of at least 4 members (excludes halogenated alkanes) is 28. The second-order valence-corrected chi connectivity index (χ2v) is 14.9. The van der Waals surface area contributed by atoms with Crippen molar-refractivity contribution in [1.82, 2.24) is 0 Å². The molecule has 280 valence electrons. The molecule has 0 saturated heterocycles. The molecule has 0 N–H and O–H groups in total. The zero-order valence-electron chi connectivity index (χ0n) is 32.6. The number of esters is 2. The van der Waals surface area contributed by atoms with E-state index in [1.165, 1.54) is 167 Å². The van der Waals surface area contributed by atoms with Crippen molar-refractivity contribution in [3.05, 3.63) is 0 Å². The fourth-order valence-electron chi connectivity index (χ4n) is 6.59. The quantitative estimate of drug-likeness (QED) is 0.0487. The van der Waals surface area contributed by atoms with Gasteiger partial charge in [0, 0.05) is 18.3 Å². The van der Waals surface area contributed by atoms with E-state index in [2.05, 4.69) is 27.7 Å². The van der Waals surface area contributed by atoms with E-state index in [1.54, 1.807) is 0 Å². The Balaban J connectivity index is 3.72. The van der Waals surface area contributed by atoms with E-state index in [0.717, 1.165) is 38.5 Å². The maximum Gasteiger partial charge on any atom is 0.305 e. The van der Waals surface area contributed by atoms with E-state index in [9.17, 15) is 9.59 Å². The van der Waals surface area contributed by atoms with Gasteiger partial charge in [0.2, 0.25) is 0 Å². The van der Waals surface area contributed by atoms with E-state index < -0.39 is 0 Å². The van der Waals surface area contributed by atoms with Gasteiger partial charge in [0.05, 0.1) is 0 Å². The molecule has 4 heteroatoms. The lowest BCUT2D eigenvalue weighted by Gasteiger charge is -2.30. The molecule has 0 amide bonds. The number of carbonyl (C=O) groups excluding carboxylic acids is 2. The normalized spacial score (nSPS) is 11.7. The summed E-state index contributed by atoms with van der Waals surface area (Å²) in [5, 5.41) is 0. The molecule has 0 aromatic heterocycles. The molecule has 4 nitrogen and oxygen atoms in total. The van der Waals surface area contributed by atoms with Gasteiger partial charge in [-0.3, -0.25) is 9.59 Å². The third-order valence-corrected chi connectivity index (χ3v) is 10.5. The van der Waals surface area contributed by atoms with Gasteiger partial charge in [0.25, 0.3) is 0 Å². The van der Waals surface area contributed by atoms with E-state index >= 15 is 0 Å². The molecule has 0 heterocycles. The van der Waals surface area contributed by atoms with Crippen LogP contribution in [0.2, 0.25) is 0 Å². The van der Waals surface area contributed by atoms with Gasteiger partial charge in [-0.25, -0.2) is 0 Å². The first-order valence-corrected chi connectivity index (χ1v) is 21.3. The van der Waals surface area contributed by atoms with Crippen LogP contribution < -0.4 is 0 Å². The van der Waals surface area contributed by atoms with Crippen LogP contribution >= 0.6 is 0 Å². The second-order valence-electron chi connectivity index (χ2n) is 14.9. The first kappa shape index (κ1) is 45.9. The lowest BCUT2D eigenvalue weighted by molar-refractivity contribution is -0.154. The van der Waals surface area contributed by atoms with Gasteiger partial charge in [-0.05, 0) is 25.7 Å². The van der Waals surface area contributed by atoms with Gasteiger partial charge < -0.3 is 9.47 Å². The zero-order chi connectivity index (χ0) is 34.5. The average molecular weight is 665 g/mol. The molecule has 0 spiro atoms. The Hall–Kier alpha value is -1.06. The predicted molar refractivity (Wildman–Crippen MR) is 204 cm³/mol. The third-order valence-electron chi connectivity index (χ3n) is 10.5. The highest BCUT2D eigenvalue weighted by molar-refractivity contribution is 5.69. The molecule has 0 aromatic carbocycles. The molecule has 0 fully saturated rings. The number of rotatable bonds is 38. The molecule has 0 saturated carbocycles. The van der Waals surface area contributed by atoms with Crippen LogP contribution in [0.15, 0.2) is 0 Å². The van der Waals surface area contributed by atoms with Gasteiger partial charge in [0.1, 0.15) is 13.2 Å². The van der Waals surface area contributed by atoms with Gasteiger partial charge in [-0.1, -0.05) is 207 Å². The molecule has 0 bridgehead atoms. The monoisotopic (exact) mass is 665 g/mol. The molecule has 0 aromatic rings. The lowest BCUT2D eigenvalue weighted by Crippen LogP contribution is -2.33. The summed E-state index contributed by atoms with van der Waals surface area (Å²) in [4.78, 5) is 24.9. The van der Waals surface area contributed by atoms with Crippen molar-refractivity contribution in [2.24, 2.45) is 5.41 Å². The van der Waals surface area contributed by atoms with Crippen LogP contribution in [0.1, 0.15) is 246 Å². The van der Waals surface area contributed by atoms with Crippen LogP contribution in [0.5, 0.6) is 0 Å². The van der Waals surface area contributed by atoms with Crippen LogP contribution in [-0.4, -0.2) is 25.2 Å². The summed E-state index contributed by atoms with van der Waals surface area (Å²) < 4.78 is 11.4. The van der Waals surface area contributed by atoms with Crippen LogP contribution in [-0.2, 0) is 19.1 Å². The smallest absolute Gasteiger partial charge is 0.305 e. The van der Waals surface area contributed by atoms with Crippen molar-refractivity contribution in [2.45, 2.75) is 246 Å². The highest BCUT2D eigenvalue weighted by Gasteiger charge is 2.30. The standard InChI is InChI=1S/C43H84O4/c1-5-9-11-13-15-17-19-21-23-25-27-29-31-33-35-37-41(44)46-39-43(7-3,8-4)40-47-42(45)38-36-34-32-30-28-26-24-22-20-18-16-14-12-10-6-2/h5-40H2,1-4H3. The largest absolute Gasteiger partial charge is 0.465 e. The van der Waals surface area contributed by atoms with Gasteiger partial charge in [-0.2, -0.15) is 0 Å². The average Bonchev–Trinajstić information content (AvgIpc) is 3.08. The first-order chi connectivity index (χ1) is 23.0. The molecular weight excluding hydrogens is 580 g/mol. The minimum atomic E-state index is -0.268. The molecule has 0 aliphatic carbocycles. The minimum Gasteiger partial charge on any atom is -0.465 e. The fourth-order valence-corrected chi connectivity index (χ4v) is 6.59. The highest BCUT2D eigenvalue weighted by atomic mass is 16.5. The summed E-state index contributed by atoms with van der Waals surface area (Å²) >= 11 is 0. The molecular formula is C43H84O4. The first-order valence-electron chi connectivity index (χ1n) is 21.3. The Bertz CT molecular complexity index is 604. The molecule has 47 heavy (non-hydrogen) atoms. The fraction of sp³-hybridized carbons (Fsp3) is 0.953. The Kier molecular flexibility index (Phi) is 35.4. The second kappa shape index (κ2) is 36.2. The summed E-state index contributed by atoms with van der Waals surface area (Å²) in [6.45, 7) is 9.47. The summed E-state index contributed by atoms with van der Waals surface area (Å²) in [5.41, 5.74) is -0.268. The maximum atomic E-state index is 12.4. The summed E-state index contributed by atoms with van der Waals surface area (Å²) in [7, 11) is 0. The molecule has 0 rings (SSSR count). The van der Waals surface area contributed by atoms with Crippen LogP contribution in [0, 0.1) is 5.41 Å². The van der Waals surface area contributed by atoms with Gasteiger partial charge in [0.15, 0.2) is 0 Å². The number of ether oxygens (including phenoxy) is 2. The Morgan fingerprint density at radius 3 is 0.766 bits per heavy atom. The van der Waals surface area contributed by atoms with Crippen molar-refractivity contribution >= 4 is 11.9 Å². The summed E-state index contributed by atoms with van der Waals surface area (Å²) in [6.07, 6.45) is 42.3. The van der Waals surface area contributed by atoms with Crippen LogP contribution in [0.4, 0.5) is 0 Å². The number of hydrogen-bond acceptors (Lipinski definition) is 4. The molecule has 0 aliphatic rings.